The highest BCUT2D eigenvalue weighted by Gasteiger charge is 2.52. The van der Waals surface area contributed by atoms with Crippen LogP contribution in [0, 0.1) is 17.8 Å². The Bertz CT molecular complexity index is 1090. The van der Waals surface area contributed by atoms with Gasteiger partial charge in [-0.15, -0.1) is 17.0 Å². The Morgan fingerprint density at radius 1 is 0.943 bits per heavy atom. The van der Waals surface area contributed by atoms with Crippen molar-refractivity contribution in [1.29, 1.82) is 0 Å². The van der Waals surface area contributed by atoms with E-state index in [4.69, 9.17) is 5.73 Å². The molecular weight excluding hydrogens is 506 g/mol. The van der Waals surface area contributed by atoms with Crippen molar-refractivity contribution in [1.82, 2.24) is 10.2 Å². The van der Waals surface area contributed by atoms with Crippen LogP contribution in [0.5, 0.6) is 0 Å². The van der Waals surface area contributed by atoms with Crippen molar-refractivity contribution in [3.8, 4) is 0 Å². The third kappa shape index (κ3) is 4.10. The van der Waals surface area contributed by atoms with E-state index in [1.165, 1.54) is 24.2 Å². The molecule has 4 bridgehead atoms. The summed E-state index contributed by atoms with van der Waals surface area (Å²) in [4.78, 5) is 42.4. The van der Waals surface area contributed by atoms with Crippen molar-refractivity contribution in [2.24, 2.45) is 23.5 Å². The second-order valence-corrected chi connectivity index (χ2v) is 11.2. The number of carbonyl (C=O) groups excluding carboxylic acids is 3. The van der Waals surface area contributed by atoms with Crippen LogP contribution >= 0.6 is 17.0 Å². The summed E-state index contributed by atoms with van der Waals surface area (Å²) in [6, 6.07) is 10.2. The van der Waals surface area contributed by atoms with Gasteiger partial charge in [-0.1, -0.05) is 24.3 Å². The zero-order valence-corrected chi connectivity index (χ0v) is 21.7. The molecule has 1 unspecified atom stereocenters. The Morgan fingerprint density at radius 3 is 2.00 bits per heavy atom. The number of imide groups is 1. The van der Waals surface area contributed by atoms with Crippen molar-refractivity contribution in [2.45, 2.75) is 69.4 Å². The van der Waals surface area contributed by atoms with Crippen LogP contribution in [0.1, 0.15) is 78.5 Å². The Morgan fingerprint density at radius 2 is 1.49 bits per heavy atom. The molecule has 1 heterocycles. The summed E-state index contributed by atoms with van der Waals surface area (Å²) in [5, 5.41) is 4.98. The van der Waals surface area contributed by atoms with Gasteiger partial charge in [-0.2, -0.15) is 0 Å². The topological polar surface area (TPSA) is 92.5 Å². The molecule has 0 radical (unpaired) electrons. The molecule has 2 aromatic rings. The second kappa shape index (κ2) is 9.32. The van der Waals surface area contributed by atoms with E-state index in [0.717, 1.165) is 31.1 Å². The second-order valence-electron chi connectivity index (χ2n) is 11.2. The molecule has 0 aromatic heterocycles. The minimum atomic E-state index is -0.817. The standard InChI is InChI=1S/C28H33N3O3.BrH/c29-10-2-1-9-23(25(32)30-28-14-17-11-18(15-28)13-19(12-17)16-28)31-26(33)21-7-3-5-20-6-4-8-22(24(20)21)27(31)34;/h3-8,17-19,23H,1-2,9-16,29H2,(H,30,32);1H. The molecule has 0 saturated heterocycles. The molecule has 35 heavy (non-hydrogen) atoms. The Hall–Kier alpha value is -2.25. The Kier molecular flexibility index (Phi) is 6.51. The molecule has 1 atom stereocenters. The molecule has 2 aromatic carbocycles. The van der Waals surface area contributed by atoms with Gasteiger partial charge in [0.1, 0.15) is 6.04 Å². The smallest absolute Gasteiger partial charge is 0.262 e. The quantitative estimate of drug-likeness (QED) is 0.397. The lowest BCUT2D eigenvalue weighted by atomic mass is 9.53. The zero-order valence-electron chi connectivity index (χ0n) is 20.0. The van der Waals surface area contributed by atoms with E-state index < -0.39 is 6.04 Å². The predicted octanol–water partition coefficient (Wildman–Crippen LogP) is 4.60. The highest BCUT2D eigenvalue weighted by Crippen LogP contribution is 2.55. The number of amides is 3. The number of hydrogen-bond donors (Lipinski definition) is 2. The van der Waals surface area contributed by atoms with Gasteiger partial charge < -0.3 is 11.1 Å². The van der Waals surface area contributed by atoms with Gasteiger partial charge in [0.15, 0.2) is 0 Å². The Labute approximate surface area is 216 Å². The number of nitrogens with two attached hydrogens (primary N) is 1. The van der Waals surface area contributed by atoms with Gasteiger partial charge in [-0.25, -0.2) is 0 Å². The van der Waals surface area contributed by atoms with Crippen LogP contribution in [0.3, 0.4) is 0 Å². The maximum Gasteiger partial charge on any atom is 0.262 e. The number of halogens is 1. The molecular formula is C28H34BrN3O3. The number of rotatable bonds is 7. The number of nitrogens with one attached hydrogen (secondary N) is 1. The fraction of sp³-hybridized carbons (Fsp3) is 0.536. The van der Waals surface area contributed by atoms with Crippen molar-refractivity contribution >= 4 is 45.5 Å². The number of hydrogen-bond acceptors (Lipinski definition) is 4. The summed E-state index contributed by atoms with van der Waals surface area (Å²) in [7, 11) is 0. The van der Waals surface area contributed by atoms with Gasteiger partial charge >= 0.3 is 0 Å². The first-order valence-electron chi connectivity index (χ1n) is 12.9. The van der Waals surface area contributed by atoms with Crippen molar-refractivity contribution in [2.75, 3.05) is 6.54 Å². The predicted molar refractivity (Wildman–Crippen MR) is 141 cm³/mol. The molecule has 3 amide bonds. The molecule has 6 nitrogen and oxygen atoms in total. The van der Waals surface area contributed by atoms with E-state index >= 15 is 0 Å². The molecule has 5 aliphatic rings. The van der Waals surface area contributed by atoms with Crippen molar-refractivity contribution < 1.29 is 14.4 Å². The average molecular weight is 541 g/mol. The molecule has 1 aliphatic heterocycles. The van der Waals surface area contributed by atoms with Crippen LogP contribution in [0.4, 0.5) is 0 Å². The van der Waals surface area contributed by atoms with Gasteiger partial charge in [0.05, 0.1) is 0 Å². The summed E-state index contributed by atoms with van der Waals surface area (Å²) in [6.07, 6.45) is 8.85. The van der Waals surface area contributed by atoms with Crippen LogP contribution in [0.15, 0.2) is 36.4 Å². The van der Waals surface area contributed by atoms with Gasteiger partial charge in [-0.05, 0) is 99.6 Å². The van der Waals surface area contributed by atoms with Crippen molar-refractivity contribution in [3.05, 3.63) is 47.5 Å². The minimum Gasteiger partial charge on any atom is -0.349 e. The molecule has 3 N–H and O–H groups in total. The van der Waals surface area contributed by atoms with Crippen LogP contribution in [-0.2, 0) is 4.79 Å². The fourth-order valence-electron chi connectivity index (χ4n) is 7.80. The summed E-state index contributed by atoms with van der Waals surface area (Å²) in [5.74, 6) is 1.19. The summed E-state index contributed by atoms with van der Waals surface area (Å²) < 4.78 is 0. The van der Waals surface area contributed by atoms with E-state index in [0.29, 0.717) is 53.7 Å². The first kappa shape index (κ1) is 24.4. The molecule has 7 rings (SSSR count). The lowest BCUT2D eigenvalue weighted by Crippen LogP contribution is -2.63. The lowest BCUT2D eigenvalue weighted by molar-refractivity contribution is -0.131. The normalized spacial score (nSPS) is 29.3. The molecule has 0 spiro atoms. The van der Waals surface area contributed by atoms with Gasteiger partial charge in [0.2, 0.25) is 5.91 Å². The van der Waals surface area contributed by atoms with E-state index in [1.807, 2.05) is 24.3 Å². The highest BCUT2D eigenvalue weighted by molar-refractivity contribution is 8.93. The molecule has 186 valence electrons. The van der Waals surface area contributed by atoms with Gasteiger partial charge in [0.25, 0.3) is 11.8 Å². The minimum absolute atomic E-state index is 0. The maximum atomic E-state index is 13.9. The van der Waals surface area contributed by atoms with Gasteiger partial charge in [0, 0.05) is 22.1 Å². The first-order valence-corrected chi connectivity index (χ1v) is 12.9. The Balaban J connectivity index is 0.00000253. The van der Waals surface area contributed by atoms with Crippen LogP contribution in [0.2, 0.25) is 0 Å². The van der Waals surface area contributed by atoms with E-state index in [9.17, 15) is 14.4 Å². The maximum absolute atomic E-state index is 13.9. The lowest BCUT2D eigenvalue weighted by Gasteiger charge is -2.57. The third-order valence-corrected chi connectivity index (χ3v) is 8.78. The zero-order chi connectivity index (χ0) is 23.4. The van der Waals surface area contributed by atoms with Crippen LogP contribution < -0.4 is 11.1 Å². The fourth-order valence-corrected chi connectivity index (χ4v) is 7.80. The van der Waals surface area contributed by atoms with E-state index in [2.05, 4.69) is 5.32 Å². The molecule has 4 saturated carbocycles. The summed E-state index contributed by atoms with van der Waals surface area (Å²) in [5.41, 5.74) is 6.55. The van der Waals surface area contributed by atoms with E-state index in [-0.39, 0.29) is 40.2 Å². The largest absolute Gasteiger partial charge is 0.349 e. The monoisotopic (exact) mass is 539 g/mol. The van der Waals surface area contributed by atoms with Crippen LogP contribution in [-0.4, -0.2) is 40.7 Å². The van der Waals surface area contributed by atoms with Gasteiger partial charge in [-0.3, -0.25) is 19.3 Å². The summed E-state index contributed by atoms with van der Waals surface area (Å²) >= 11 is 0. The highest BCUT2D eigenvalue weighted by atomic mass is 79.9. The van der Waals surface area contributed by atoms with Crippen LogP contribution in [0.25, 0.3) is 10.8 Å². The molecule has 4 fully saturated rings. The number of carbonyl (C=O) groups is 3. The van der Waals surface area contributed by atoms with Crippen molar-refractivity contribution in [3.63, 3.8) is 0 Å². The first-order chi connectivity index (χ1) is 16.5. The number of nitrogens with zero attached hydrogens (tertiary/aromatic N) is 1. The molecule has 4 aliphatic carbocycles. The third-order valence-electron chi connectivity index (χ3n) is 8.78. The average Bonchev–Trinajstić information content (AvgIpc) is 2.80. The molecule has 7 heteroatoms. The number of benzene rings is 2. The number of unbranched alkanes of at least 4 members (excludes halogenated alkanes) is 1. The summed E-state index contributed by atoms with van der Waals surface area (Å²) in [6.45, 7) is 0.521. The van der Waals surface area contributed by atoms with E-state index in [1.54, 1.807) is 12.1 Å². The SMILES string of the molecule is Br.NCCCCC(C(=O)NC12CC3CC(CC(C3)C1)C2)N1C(=O)c2cccc3cccc(c23)C1=O.